The lowest BCUT2D eigenvalue weighted by atomic mass is 9.94. The highest BCUT2D eigenvalue weighted by Crippen LogP contribution is 2.38. The van der Waals surface area contributed by atoms with Crippen molar-refractivity contribution in [1.29, 1.82) is 0 Å². The van der Waals surface area contributed by atoms with Crippen molar-refractivity contribution in [3.8, 4) is 27.9 Å². The summed E-state index contributed by atoms with van der Waals surface area (Å²) in [5, 5.41) is 2.55. The summed E-state index contributed by atoms with van der Waals surface area (Å²) >= 11 is 3.62. The monoisotopic (exact) mass is 473 g/mol. The molecule has 0 radical (unpaired) electrons. The number of fused-ring (bicyclic) bond motifs is 3. The number of halogens is 1. The molecule has 32 heavy (non-hydrogen) atoms. The maximum Gasteiger partial charge on any atom is 0.0547 e. The highest BCUT2D eigenvalue weighted by molar-refractivity contribution is 9.10. The van der Waals surface area contributed by atoms with Gasteiger partial charge in [0.15, 0.2) is 0 Å². The van der Waals surface area contributed by atoms with Gasteiger partial charge in [0, 0.05) is 20.9 Å². The van der Waals surface area contributed by atoms with Gasteiger partial charge in [-0.15, -0.1) is 0 Å². The van der Waals surface area contributed by atoms with Gasteiger partial charge in [0.2, 0.25) is 0 Å². The highest BCUT2D eigenvalue weighted by Gasteiger charge is 2.14. The molecule has 0 fully saturated rings. The van der Waals surface area contributed by atoms with Gasteiger partial charge in [0.05, 0.1) is 11.0 Å². The lowest BCUT2D eigenvalue weighted by Crippen LogP contribution is -1.93. The van der Waals surface area contributed by atoms with E-state index in [1.165, 1.54) is 49.7 Å². The first-order chi connectivity index (χ1) is 15.8. The van der Waals surface area contributed by atoms with E-state index < -0.39 is 0 Å². The minimum Gasteiger partial charge on any atom is -0.309 e. The molecule has 6 rings (SSSR count). The Morgan fingerprint density at radius 3 is 1.91 bits per heavy atom. The van der Waals surface area contributed by atoms with Gasteiger partial charge in [-0.05, 0) is 58.7 Å². The molecule has 1 aromatic heterocycles. The van der Waals surface area contributed by atoms with Gasteiger partial charge >= 0.3 is 0 Å². The second-order valence-electron chi connectivity index (χ2n) is 7.98. The molecule has 0 N–H and O–H groups in total. The molecule has 2 heteroatoms. The molecule has 0 aliphatic heterocycles. The van der Waals surface area contributed by atoms with Crippen LogP contribution in [0.4, 0.5) is 0 Å². The van der Waals surface area contributed by atoms with Gasteiger partial charge in [-0.2, -0.15) is 0 Å². The van der Waals surface area contributed by atoms with E-state index in [2.05, 4.69) is 142 Å². The topological polar surface area (TPSA) is 4.93 Å². The third-order valence-corrected chi connectivity index (χ3v) is 6.56. The third-order valence-electron chi connectivity index (χ3n) is 6.06. The average Bonchev–Trinajstić information content (AvgIpc) is 3.18. The second kappa shape index (κ2) is 7.81. The Labute approximate surface area is 195 Å². The van der Waals surface area contributed by atoms with Crippen molar-refractivity contribution in [2.75, 3.05) is 0 Å². The third kappa shape index (κ3) is 3.16. The minimum absolute atomic E-state index is 1.09. The van der Waals surface area contributed by atoms with Crippen LogP contribution in [0.5, 0.6) is 0 Å². The normalized spacial score (nSPS) is 11.3. The Bertz CT molecular complexity index is 1580. The van der Waals surface area contributed by atoms with Crippen molar-refractivity contribution in [2.45, 2.75) is 0 Å². The molecule has 0 aliphatic carbocycles. The molecule has 0 saturated heterocycles. The molecule has 0 amide bonds. The van der Waals surface area contributed by atoms with Crippen molar-refractivity contribution in [3.05, 3.63) is 126 Å². The van der Waals surface area contributed by atoms with Crippen LogP contribution in [-0.4, -0.2) is 4.57 Å². The molecule has 0 aliphatic rings. The average molecular weight is 474 g/mol. The second-order valence-corrected chi connectivity index (χ2v) is 8.89. The first-order valence-electron chi connectivity index (χ1n) is 10.7. The Morgan fingerprint density at radius 1 is 0.469 bits per heavy atom. The largest absolute Gasteiger partial charge is 0.309 e. The zero-order chi connectivity index (χ0) is 21.5. The molecule has 152 valence electrons. The molecule has 0 saturated carbocycles. The van der Waals surface area contributed by atoms with Gasteiger partial charge in [-0.1, -0.05) is 101 Å². The van der Waals surface area contributed by atoms with Crippen molar-refractivity contribution < 1.29 is 0 Å². The van der Waals surface area contributed by atoms with E-state index in [0.717, 1.165) is 4.47 Å². The molecule has 1 nitrogen and oxygen atoms in total. The van der Waals surface area contributed by atoms with Crippen molar-refractivity contribution in [2.24, 2.45) is 0 Å². The minimum atomic E-state index is 1.09. The Morgan fingerprint density at radius 2 is 1.12 bits per heavy atom. The molecular weight excluding hydrogens is 454 g/mol. The molecule has 0 unspecified atom stereocenters. The fourth-order valence-electron chi connectivity index (χ4n) is 4.64. The number of aromatic nitrogens is 1. The molecule has 5 aromatic carbocycles. The van der Waals surface area contributed by atoms with Crippen molar-refractivity contribution >= 4 is 37.7 Å². The van der Waals surface area contributed by atoms with E-state index in [-0.39, 0.29) is 0 Å². The number of para-hydroxylation sites is 2. The fourth-order valence-corrected chi connectivity index (χ4v) is 5.04. The Hall–Kier alpha value is -3.62. The number of rotatable bonds is 3. The van der Waals surface area contributed by atoms with E-state index in [9.17, 15) is 0 Å². The molecule has 1 heterocycles. The lowest BCUT2D eigenvalue weighted by molar-refractivity contribution is 1.18. The summed E-state index contributed by atoms with van der Waals surface area (Å²) in [6, 6.07) is 43.3. The Kier molecular flexibility index (Phi) is 4.66. The zero-order valence-corrected chi connectivity index (χ0v) is 19.0. The number of benzene rings is 5. The van der Waals surface area contributed by atoms with Crippen LogP contribution in [0.2, 0.25) is 0 Å². The summed E-state index contributed by atoms with van der Waals surface area (Å²) in [6.45, 7) is 0. The van der Waals surface area contributed by atoms with Crippen LogP contribution in [0.1, 0.15) is 0 Å². The summed E-state index contributed by atoms with van der Waals surface area (Å²) < 4.78 is 3.46. The predicted octanol–water partition coefficient (Wildman–Crippen LogP) is 8.88. The van der Waals surface area contributed by atoms with Gasteiger partial charge in [0.1, 0.15) is 0 Å². The summed E-state index contributed by atoms with van der Waals surface area (Å²) in [7, 11) is 0. The number of hydrogen-bond acceptors (Lipinski definition) is 0. The summed E-state index contributed by atoms with van der Waals surface area (Å²) in [6.07, 6.45) is 0. The van der Waals surface area contributed by atoms with Crippen LogP contribution in [0.15, 0.2) is 126 Å². The van der Waals surface area contributed by atoms with E-state index in [4.69, 9.17) is 0 Å². The molecule has 0 bridgehead atoms. The lowest BCUT2D eigenvalue weighted by Gasteiger charge is -2.12. The first kappa shape index (κ1) is 19.1. The zero-order valence-electron chi connectivity index (χ0n) is 17.4. The van der Waals surface area contributed by atoms with Crippen LogP contribution in [0.3, 0.4) is 0 Å². The quantitative estimate of drug-likeness (QED) is 0.241. The van der Waals surface area contributed by atoms with Crippen LogP contribution >= 0.6 is 15.9 Å². The maximum absolute atomic E-state index is 3.62. The SMILES string of the molecule is Brc1cccc(-c2ccccc2-c2ccc3c4ccccc4n(-c4ccccc4)c3c2)c1. The van der Waals surface area contributed by atoms with Crippen LogP contribution in [-0.2, 0) is 0 Å². The van der Waals surface area contributed by atoms with Gasteiger partial charge in [-0.3, -0.25) is 0 Å². The highest BCUT2D eigenvalue weighted by atomic mass is 79.9. The number of nitrogens with zero attached hydrogens (tertiary/aromatic N) is 1. The summed E-state index contributed by atoms with van der Waals surface area (Å²) in [4.78, 5) is 0. The van der Waals surface area contributed by atoms with Crippen molar-refractivity contribution in [1.82, 2.24) is 4.57 Å². The van der Waals surface area contributed by atoms with Crippen LogP contribution in [0, 0.1) is 0 Å². The molecule has 0 spiro atoms. The summed E-state index contributed by atoms with van der Waals surface area (Å²) in [5.41, 5.74) is 8.51. The smallest absolute Gasteiger partial charge is 0.0547 e. The van der Waals surface area contributed by atoms with Crippen LogP contribution < -0.4 is 0 Å². The van der Waals surface area contributed by atoms with E-state index in [1.54, 1.807) is 0 Å². The standard InChI is InChI=1S/C30H20BrN/c31-23-10-8-9-21(19-23)25-13-4-5-14-26(25)22-17-18-28-27-15-6-7-16-29(27)32(30(28)20-22)24-11-2-1-3-12-24/h1-20H. The van der Waals surface area contributed by atoms with E-state index in [0.29, 0.717) is 0 Å². The van der Waals surface area contributed by atoms with Crippen molar-refractivity contribution in [3.63, 3.8) is 0 Å². The van der Waals surface area contributed by atoms with E-state index in [1.807, 2.05) is 0 Å². The predicted molar refractivity (Wildman–Crippen MR) is 139 cm³/mol. The summed E-state index contributed by atoms with van der Waals surface area (Å²) in [5.74, 6) is 0. The number of hydrogen-bond donors (Lipinski definition) is 0. The fraction of sp³-hybridized carbons (Fsp3) is 0. The first-order valence-corrected chi connectivity index (χ1v) is 11.5. The maximum atomic E-state index is 3.62. The molecule has 6 aromatic rings. The van der Waals surface area contributed by atoms with Gasteiger partial charge < -0.3 is 4.57 Å². The van der Waals surface area contributed by atoms with Gasteiger partial charge in [-0.25, -0.2) is 0 Å². The van der Waals surface area contributed by atoms with E-state index >= 15 is 0 Å². The molecular formula is C30H20BrN. The molecule has 0 atom stereocenters. The van der Waals surface area contributed by atoms with Gasteiger partial charge in [0.25, 0.3) is 0 Å². The Balaban J connectivity index is 1.64. The van der Waals surface area contributed by atoms with Crippen LogP contribution in [0.25, 0.3) is 49.7 Å².